The first-order valence-electron chi connectivity index (χ1n) is 10.8. The van der Waals surface area contributed by atoms with Crippen molar-refractivity contribution >= 4 is 16.7 Å². The summed E-state index contributed by atoms with van der Waals surface area (Å²) in [6, 6.07) is 10.3. The fraction of sp³-hybridized carbons (Fsp3) is 0.360. The van der Waals surface area contributed by atoms with Gasteiger partial charge in [-0.3, -0.25) is 9.59 Å². The van der Waals surface area contributed by atoms with Crippen LogP contribution in [0, 0.1) is 24.5 Å². The molecule has 1 aromatic heterocycles. The third-order valence-corrected chi connectivity index (χ3v) is 6.30. The maximum absolute atomic E-state index is 14.6. The van der Waals surface area contributed by atoms with Crippen molar-refractivity contribution in [1.82, 2.24) is 9.88 Å². The number of carbonyl (C=O) groups excluding carboxylic acids is 1. The maximum atomic E-state index is 14.6. The molecule has 2 aromatic carbocycles. The van der Waals surface area contributed by atoms with E-state index in [1.54, 1.807) is 19.1 Å². The second-order valence-corrected chi connectivity index (χ2v) is 8.28. The summed E-state index contributed by atoms with van der Waals surface area (Å²) in [4.78, 5) is 26.5. The summed E-state index contributed by atoms with van der Waals surface area (Å²) in [6.45, 7) is 4.04. The normalized spacial score (nSPS) is 15.0. The number of pyridine rings is 1. The third kappa shape index (κ3) is 3.87. The maximum Gasteiger partial charge on any atom is 0.261 e. The zero-order valence-electron chi connectivity index (χ0n) is 17.8. The van der Waals surface area contributed by atoms with Crippen LogP contribution in [-0.4, -0.2) is 10.5 Å². The van der Waals surface area contributed by atoms with Gasteiger partial charge < -0.3 is 9.88 Å². The first-order chi connectivity index (χ1) is 14.9. The Bertz CT molecular complexity index is 1200. The Hall–Kier alpha value is -3.02. The number of aromatic nitrogens is 1. The molecule has 1 atom stereocenters. The van der Waals surface area contributed by atoms with Crippen LogP contribution < -0.4 is 10.9 Å². The molecule has 0 bridgehead atoms. The Morgan fingerprint density at radius 3 is 2.58 bits per heavy atom. The molecule has 162 valence electrons. The van der Waals surface area contributed by atoms with Gasteiger partial charge in [-0.1, -0.05) is 37.6 Å². The van der Waals surface area contributed by atoms with E-state index in [1.165, 1.54) is 28.8 Å². The topological polar surface area (TPSA) is 51.1 Å². The van der Waals surface area contributed by atoms with Gasteiger partial charge in [-0.05, 0) is 55.9 Å². The van der Waals surface area contributed by atoms with Gasteiger partial charge in [-0.25, -0.2) is 8.78 Å². The highest BCUT2D eigenvalue weighted by Crippen LogP contribution is 2.38. The minimum atomic E-state index is -0.637. The standard InChI is InChI=1S/C25H26F2N2O2/c1-3-13-29-15(2)21(19-11-6-12-20(27)22(19)25(29)31)24(30)28-23(16-7-4-8-16)17-9-5-10-18(26)14-17/h5-6,9-12,14,16,23H,3-4,7-8,13H2,1-2H3,(H,28,30)/t23-/m0/s1/i27-1. The predicted molar refractivity (Wildman–Crippen MR) is 117 cm³/mol. The van der Waals surface area contributed by atoms with E-state index in [-0.39, 0.29) is 29.1 Å². The molecule has 1 saturated carbocycles. The molecule has 1 amide bonds. The molecule has 3 aromatic rings. The van der Waals surface area contributed by atoms with Gasteiger partial charge in [0, 0.05) is 17.6 Å². The van der Waals surface area contributed by atoms with Crippen LogP contribution in [0.15, 0.2) is 47.3 Å². The van der Waals surface area contributed by atoms with E-state index in [4.69, 9.17) is 0 Å². The second kappa shape index (κ2) is 8.61. The van der Waals surface area contributed by atoms with Crippen LogP contribution in [-0.2, 0) is 6.54 Å². The number of benzene rings is 2. The third-order valence-electron chi connectivity index (χ3n) is 6.30. The zero-order chi connectivity index (χ0) is 22.1. The van der Waals surface area contributed by atoms with Crippen molar-refractivity contribution in [2.45, 2.75) is 52.1 Å². The van der Waals surface area contributed by atoms with Crippen molar-refractivity contribution in [3.05, 3.63) is 81.3 Å². The van der Waals surface area contributed by atoms with Gasteiger partial charge >= 0.3 is 0 Å². The summed E-state index contributed by atoms with van der Waals surface area (Å²) < 4.78 is 30.0. The molecule has 1 heterocycles. The van der Waals surface area contributed by atoms with Crippen LogP contribution in [0.5, 0.6) is 0 Å². The number of hydrogen-bond donors (Lipinski definition) is 1. The van der Waals surface area contributed by atoms with Crippen molar-refractivity contribution in [3.63, 3.8) is 0 Å². The van der Waals surface area contributed by atoms with E-state index in [1.807, 2.05) is 13.0 Å². The molecule has 0 radical (unpaired) electrons. The lowest BCUT2D eigenvalue weighted by molar-refractivity contribution is 0.0900. The van der Waals surface area contributed by atoms with Gasteiger partial charge in [0.25, 0.3) is 11.5 Å². The number of halogens is 2. The molecule has 1 fully saturated rings. The molecule has 0 unspecified atom stereocenters. The Balaban J connectivity index is 1.83. The van der Waals surface area contributed by atoms with Crippen LogP contribution in [0.1, 0.15) is 60.3 Å². The smallest absolute Gasteiger partial charge is 0.261 e. The number of carbonyl (C=O) groups is 1. The van der Waals surface area contributed by atoms with E-state index in [0.29, 0.717) is 35.2 Å². The molecular weight excluding hydrogens is 397 g/mol. The van der Waals surface area contributed by atoms with Gasteiger partial charge in [-0.15, -0.1) is 0 Å². The Labute approximate surface area is 179 Å². The van der Waals surface area contributed by atoms with E-state index in [0.717, 1.165) is 19.3 Å². The van der Waals surface area contributed by atoms with Gasteiger partial charge in [0.15, 0.2) is 0 Å². The lowest BCUT2D eigenvalue weighted by Crippen LogP contribution is -2.38. The highest BCUT2D eigenvalue weighted by atomic mass is 19.1. The van der Waals surface area contributed by atoms with E-state index < -0.39 is 11.4 Å². The molecule has 1 N–H and O–H groups in total. The average Bonchev–Trinajstić information content (AvgIpc) is 2.69. The lowest BCUT2D eigenvalue weighted by Gasteiger charge is -2.35. The van der Waals surface area contributed by atoms with E-state index >= 15 is 0 Å². The minimum absolute atomic E-state index is 0.0716. The first kappa shape index (κ1) is 21.2. The van der Waals surface area contributed by atoms with Crippen molar-refractivity contribution in [1.29, 1.82) is 0 Å². The van der Waals surface area contributed by atoms with Gasteiger partial charge in [0.05, 0.1) is 17.0 Å². The summed E-state index contributed by atoms with van der Waals surface area (Å²) in [5, 5.41) is 3.31. The summed E-state index contributed by atoms with van der Waals surface area (Å²) >= 11 is 0. The molecule has 4 nitrogen and oxygen atoms in total. The molecule has 31 heavy (non-hydrogen) atoms. The van der Waals surface area contributed by atoms with Crippen molar-refractivity contribution in [2.24, 2.45) is 5.92 Å². The van der Waals surface area contributed by atoms with Crippen molar-refractivity contribution in [2.75, 3.05) is 0 Å². The molecule has 6 heteroatoms. The Morgan fingerprint density at radius 2 is 1.94 bits per heavy atom. The molecule has 1 aliphatic rings. The quantitative estimate of drug-likeness (QED) is 0.587. The Morgan fingerprint density at radius 1 is 1.19 bits per heavy atom. The summed E-state index contributed by atoms with van der Waals surface area (Å²) in [7, 11) is 0. The molecule has 0 spiro atoms. The number of amides is 1. The van der Waals surface area contributed by atoms with Crippen molar-refractivity contribution in [3.8, 4) is 0 Å². The second-order valence-electron chi connectivity index (χ2n) is 8.28. The molecule has 0 saturated heterocycles. The van der Waals surface area contributed by atoms with Crippen LogP contribution in [0.2, 0.25) is 0 Å². The SMILES string of the molecule is CCCn1c(C)c(C(=O)N[C@H](c2cccc(F)c2)C2CCC2)c2cccc([18F])c2c1=O. The lowest BCUT2D eigenvalue weighted by atomic mass is 9.77. The highest BCUT2D eigenvalue weighted by molar-refractivity contribution is 6.08. The number of rotatable bonds is 6. The highest BCUT2D eigenvalue weighted by Gasteiger charge is 2.31. The first-order valence-corrected chi connectivity index (χ1v) is 10.8. The summed E-state index contributed by atoms with van der Waals surface area (Å²) in [5.74, 6) is -1.15. The molecule has 4 rings (SSSR count). The fourth-order valence-corrected chi connectivity index (χ4v) is 4.51. The fourth-order valence-electron chi connectivity index (χ4n) is 4.51. The van der Waals surface area contributed by atoms with Crippen LogP contribution in [0.3, 0.4) is 0 Å². The summed E-state index contributed by atoms with van der Waals surface area (Å²) in [5.41, 5.74) is 1.09. The monoisotopic (exact) mass is 423 g/mol. The largest absolute Gasteiger partial charge is 0.345 e. The van der Waals surface area contributed by atoms with Crippen LogP contribution >= 0.6 is 0 Å². The Kier molecular flexibility index (Phi) is 5.90. The number of hydrogen-bond acceptors (Lipinski definition) is 2. The van der Waals surface area contributed by atoms with E-state index in [9.17, 15) is 18.4 Å². The van der Waals surface area contributed by atoms with Crippen LogP contribution in [0.4, 0.5) is 8.78 Å². The number of nitrogens with one attached hydrogen (secondary N) is 1. The molecule has 1 aliphatic carbocycles. The number of nitrogens with zero attached hydrogens (tertiary/aromatic N) is 1. The molecular formula is C25H26F2N2O2. The van der Waals surface area contributed by atoms with E-state index in [2.05, 4.69) is 5.32 Å². The van der Waals surface area contributed by atoms with Gasteiger partial charge in [0.1, 0.15) is 11.6 Å². The minimum Gasteiger partial charge on any atom is -0.345 e. The van der Waals surface area contributed by atoms with Crippen molar-refractivity contribution < 1.29 is 13.6 Å². The van der Waals surface area contributed by atoms with Gasteiger partial charge in [-0.2, -0.15) is 0 Å². The molecule has 0 aliphatic heterocycles. The zero-order valence-corrected chi connectivity index (χ0v) is 17.8. The number of fused-ring (bicyclic) bond motifs is 1. The van der Waals surface area contributed by atoms with Gasteiger partial charge in [0.2, 0.25) is 0 Å². The van der Waals surface area contributed by atoms with Crippen LogP contribution in [0.25, 0.3) is 10.8 Å². The predicted octanol–water partition coefficient (Wildman–Crippen LogP) is 5.27. The average molecular weight is 423 g/mol. The summed E-state index contributed by atoms with van der Waals surface area (Å²) in [6.07, 6.45) is 3.65.